The lowest BCUT2D eigenvalue weighted by molar-refractivity contribution is 0.558. The van der Waals surface area contributed by atoms with Gasteiger partial charge in [-0.05, 0) is 24.0 Å². The van der Waals surface area contributed by atoms with Gasteiger partial charge in [-0.15, -0.1) is 0 Å². The quantitative estimate of drug-likeness (QED) is 0.681. The van der Waals surface area contributed by atoms with Crippen molar-refractivity contribution in [3.05, 3.63) is 83.4 Å². The lowest BCUT2D eigenvalue weighted by Gasteiger charge is -2.07. The predicted octanol–water partition coefficient (Wildman–Crippen LogP) is 4.37. The molecule has 0 aliphatic heterocycles. The van der Waals surface area contributed by atoms with Crippen LogP contribution in [-0.4, -0.2) is 6.67 Å². The van der Waals surface area contributed by atoms with Gasteiger partial charge in [0, 0.05) is 0 Å². The fourth-order valence-corrected chi connectivity index (χ4v) is 2.03. The summed E-state index contributed by atoms with van der Waals surface area (Å²) in [5.74, 6) is 0. The summed E-state index contributed by atoms with van der Waals surface area (Å²) in [5.41, 5.74) is 3.59. The van der Waals surface area contributed by atoms with Gasteiger partial charge in [0.25, 0.3) is 0 Å². The summed E-state index contributed by atoms with van der Waals surface area (Å²) in [6, 6.07) is 20.4. The fourth-order valence-electron chi connectivity index (χ4n) is 2.03. The van der Waals surface area contributed by atoms with Crippen LogP contribution in [-0.2, 0) is 12.8 Å². The molecule has 0 heterocycles. The highest BCUT2D eigenvalue weighted by atomic mass is 19.1. The van der Waals surface area contributed by atoms with Crippen LogP contribution in [0.15, 0.2) is 72.3 Å². The molecule has 0 fully saturated rings. The summed E-state index contributed by atoms with van der Waals surface area (Å²) in [4.78, 5) is 0. The first-order valence-electron chi connectivity index (χ1n) is 6.20. The van der Waals surface area contributed by atoms with Gasteiger partial charge in [-0.25, -0.2) is 4.39 Å². The zero-order valence-corrected chi connectivity index (χ0v) is 10.4. The largest absolute Gasteiger partial charge is 0.247 e. The average Bonchev–Trinajstić information content (AvgIpc) is 2.41. The van der Waals surface area contributed by atoms with Crippen LogP contribution >= 0.6 is 0 Å². The predicted molar refractivity (Wildman–Crippen MR) is 74.4 cm³/mol. The normalized spacial score (nSPS) is 10.1. The second-order valence-corrected chi connectivity index (χ2v) is 4.34. The van der Waals surface area contributed by atoms with Crippen molar-refractivity contribution in [2.45, 2.75) is 12.8 Å². The molecule has 2 aromatic carbocycles. The summed E-state index contributed by atoms with van der Waals surface area (Å²) in [7, 11) is 0. The monoisotopic (exact) mass is 240 g/mol. The molecule has 0 bridgehead atoms. The summed E-state index contributed by atoms with van der Waals surface area (Å²) in [6.07, 6.45) is 3.33. The van der Waals surface area contributed by atoms with E-state index in [0.29, 0.717) is 0 Å². The third kappa shape index (κ3) is 3.85. The maximum Gasteiger partial charge on any atom is 0.108 e. The van der Waals surface area contributed by atoms with Crippen molar-refractivity contribution in [3.8, 4) is 0 Å². The minimum atomic E-state index is -0.394. The molecule has 0 saturated heterocycles. The zero-order valence-electron chi connectivity index (χ0n) is 10.4. The molecular formula is C17H17F. The third-order valence-corrected chi connectivity index (χ3v) is 2.91. The van der Waals surface area contributed by atoms with E-state index in [1.165, 1.54) is 11.1 Å². The number of allylic oxidation sites excluding steroid dienone is 2. The molecule has 0 amide bonds. The van der Waals surface area contributed by atoms with Crippen LogP contribution in [0.1, 0.15) is 11.1 Å². The second kappa shape index (κ2) is 6.75. The molecule has 2 rings (SSSR count). The Morgan fingerprint density at radius 2 is 1.22 bits per heavy atom. The Hall–Kier alpha value is -1.89. The van der Waals surface area contributed by atoms with Gasteiger partial charge < -0.3 is 0 Å². The van der Waals surface area contributed by atoms with Crippen molar-refractivity contribution in [2.24, 2.45) is 0 Å². The number of rotatable bonds is 5. The molecule has 0 aromatic heterocycles. The SMILES string of the molecule is FCC=C(Cc1ccccc1)Cc1ccccc1. The van der Waals surface area contributed by atoms with Crippen LogP contribution in [0, 0.1) is 0 Å². The van der Waals surface area contributed by atoms with Gasteiger partial charge >= 0.3 is 0 Å². The lowest BCUT2D eigenvalue weighted by atomic mass is 9.98. The highest BCUT2D eigenvalue weighted by molar-refractivity contribution is 5.27. The number of hydrogen-bond donors (Lipinski definition) is 0. The Morgan fingerprint density at radius 1 is 0.778 bits per heavy atom. The van der Waals surface area contributed by atoms with E-state index in [9.17, 15) is 4.39 Å². The highest BCUT2D eigenvalue weighted by Crippen LogP contribution is 2.14. The first kappa shape index (κ1) is 12.6. The number of halogens is 1. The molecule has 0 aliphatic carbocycles. The Morgan fingerprint density at radius 3 is 1.61 bits per heavy atom. The van der Waals surface area contributed by atoms with E-state index in [4.69, 9.17) is 0 Å². The van der Waals surface area contributed by atoms with E-state index < -0.39 is 6.67 Å². The zero-order chi connectivity index (χ0) is 12.6. The van der Waals surface area contributed by atoms with E-state index in [1.807, 2.05) is 36.4 Å². The molecule has 0 nitrogen and oxygen atoms in total. The minimum absolute atomic E-state index is 0.394. The van der Waals surface area contributed by atoms with Crippen molar-refractivity contribution in [1.29, 1.82) is 0 Å². The molecule has 92 valence electrons. The first-order chi connectivity index (χ1) is 8.88. The molecular weight excluding hydrogens is 223 g/mol. The second-order valence-electron chi connectivity index (χ2n) is 4.34. The summed E-state index contributed by atoms with van der Waals surface area (Å²) >= 11 is 0. The molecule has 0 saturated carbocycles. The van der Waals surface area contributed by atoms with E-state index in [1.54, 1.807) is 6.08 Å². The van der Waals surface area contributed by atoms with Gasteiger partial charge in [-0.3, -0.25) is 0 Å². The Kier molecular flexibility index (Phi) is 4.71. The van der Waals surface area contributed by atoms with Crippen molar-refractivity contribution < 1.29 is 4.39 Å². The van der Waals surface area contributed by atoms with Crippen LogP contribution in [0.4, 0.5) is 4.39 Å². The maximum atomic E-state index is 12.6. The first-order valence-corrected chi connectivity index (χ1v) is 6.20. The van der Waals surface area contributed by atoms with Crippen molar-refractivity contribution >= 4 is 0 Å². The van der Waals surface area contributed by atoms with Crippen LogP contribution in [0.5, 0.6) is 0 Å². The van der Waals surface area contributed by atoms with Crippen molar-refractivity contribution in [3.63, 3.8) is 0 Å². The number of hydrogen-bond acceptors (Lipinski definition) is 0. The van der Waals surface area contributed by atoms with Crippen LogP contribution < -0.4 is 0 Å². The number of alkyl halides is 1. The molecule has 1 heteroatoms. The van der Waals surface area contributed by atoms with Gasteiger partial charge in [0.2, 0.25) is 0 Å². The van der Waals surface area contributed by atoms with Crippen LogP contribution in [0.3, 0.4) is 0 Å². The van der Waals surface area contributed by atoms with E-state index in [0.717, 1.165) is 18.4 Å². The highest BCUT2D eigenvalue weighted by Gasteiger charge is 2.01. The maximum absolute atomic E-state index is 12.6. The van der Waals surface area contributed by atoms with Crippen molar-refractivity contribution in [2.75, 3.05) is 6.67 Å². The van der Waals surface area contributed by atoms with E-state index in [-0.39, 0.29) is 0 Å². The molecule has 18 heavy (non-hydrogen) atoms. The third-order valence-electron chi connectivity index (χ3n) is 2.91. The lowest BCUT2D eigenvalue weighted by Crippen LogP contribution is -1.96. The molecule has 0 unspecified atom stereocenters. The van der Waals surface area contributed by atoms with Crippen molar-refractivity contribution in [1.82, 2.24) is 0 Å². The molecule has 2 aromatic rings. The molecule has 0 aliphatic rings. The van der Waals surface area contributed by atoms with Crippen LogP contribution in [0.2, 0.25) is 0 Å². The van der Waals surface area contributed by atoms with Gasteiger partial charge in [0.15, 0.2) is 0 Å². The van der Waals surface area contributed by atoms with Gasteiger partial charge in [0.05, 0.1) is 0 Å². The Labute approximate surface area is 108 Å². The standard InChI is InChI=1S/C17H17F/c18-12-11-17(13-15-7-3-1-4-8-15)14-16-9-5-2-6-10-16/h1-11H,12-14H2. The number of benzene rings is 2. The van der Waals surface area contributed by atoms with E-state index in [2.05, 4.69) is 24.3 Å². The average molecular weight is 240 g/mol. The molecule has 0 N–H and O–H groups in total. The minimum Gasteiger partial charge on any atom is -0.247 e. The smallest absolute Gasteiger partial charge is 0.108 e. The summed E-state index contributed by atoms with van der Waals surface area (Å²) < 4.78 is 12.6. The molecule has 0 radical (unpaired) electrons. The fraction of sp³-hybridized carbons (Fsp3) is 0.176. The van der Waals surface area contributed by atoms with Crippen LogP contribution in [0.25, 0.3) is 0 Å². The van der Waals surface area contributed by atoms with E-state index >= 15 is 0 Å². The summed E-state index contributed by atoms with van der Waals surface area (Å²) in [5, 5.41) is 0. The Balaban J connectivity index is 2.08. The summed E-state index contributed by atoms with van der Waals surface area (Å²) in [6.45, 7) is -0.394. The van der Waals surface area contributed by atoms with Gasteiger partial charge in [-0.1, -0.05) is 72.3 Å². The topological polar surface area (TPSA) is 0 Å². The van der Waals surface area contributed by atoms with Gasteiger partial charge in [0.1, 0.15) is 6.67 Å². The van der Waals surface area contributed by atoms with Gasteiger partial charge in [-0.2, -0.15) is 0 Å². The Bertz CT molecular complexity index is 442. The molecule has 0 spiro atoms. The molecule has 0 atom stereocenters.